The van der Waals surface area contributed by atoms with Crippen LogP contribution in [0.5, 0.6) is 0 Å². The maximum atomic E-state index is 12.1. The number of hydrogen-bond donors (Lipinski definition) is 1. The predicted octanol–water partition coefficient (Wildman–Crippen LogP) is 3.91. The highest BCUT2D eigenvalue weighted by Crippen LogP contribution is 2.35. The number of halogens is 2. The molecule has 0 saturated heterocycles. The maximum Gasteiger partial charge on any atom is 0.265 e. The van der Waals surface area contributed by atoms with E-state index in [1.165, 1.54) is 12.8 Å². The summed E-state index contributed by atoms with van der Waals surface area (Å²) in [7, 11) is 0. The summed E-state index contributed by atoms with van der Waals surface area (Å²) in [5, 5.41) is 0.559. The molecule has 0 atom stereocenters. The van der Waals surface area contributed by atoms with E-state index in [9.17, 15) is 4.79 Å². The van der Waals surface area contributed by atoms with Crippen molar-refractivity contribution in [3.8, 4) is 11.5 Å². The molecule has 1 aliphatic rings. The molecule has 0 bridgehead atoms. The van der Waals surface area contributed by atoms with E-state index < -0.39 is 0 Å². The van der Waals surface area contributed by atoms with E-state index in [4.69, 9.17) is 11.6 Å². The highest BCUT2D eigenvalue weighted by molar-refractivity contribution is 9.10. The number of nitrogens with one attached hydrogen (secondary N) is 1. The topological polar surface area (TPSA) is 58.6 Å². The molecule has 20 heavy (non-hydrogen) atoms. The lowest BCUT2D eigenvalue weighted by Gasteiger charge is -2.11. The molecule has 0 amide bonds. The molecule has 0 spiro atoms. The van der Waals surface area contributed by atoms with E-state index >= 15 is 0 Å². The van der Waals surface area contributed by atoms with Crippen molar-refractivity contribution < 1.29 is 0 Å². The molecule has 104 valence electrons. The van der Waals surface area contributed by atoms with E-state index in [0.717, 1.165) is 18.5 Å². The SMILES string of the molecule is O=c1[nH]c(-c2ccc(Cl)cn2)nc(C2CCCC2)c1Br. The molecule has 1 aliphatic carbocycles. The van der Waals surface area contributed by atoms with Crippen molar-refractivity contribution in [3.05, 3.63) is 43.9 Å². The van der Waals surface area contributed by atoms with Crippen LogP contribution in [0.4, 0.5) is 0 Å². The monoisotopic (exact) mass is 353 g/mol. The Balaban J connectivity index is 2.08. The molecule has 3 rings (SSSR count). The van der Waals surface area contributed by atoms with Crippen molar-refractivity contribution in [2.45, 2.75) is 31.6 Å². The molecule has 6 heteroatoms. The standard InChI is InChI=1S/C14H13BrClN3O/c15-11-12(8-3-1-2-4-8)18-13(19-14(11)20)10-6-5-9(16)7-17-10/h5-8H,1-4H2,(H,18,19,20). The zero-order valence-corrected chi connectivity index (χ0v) is 13.0. The van der Waals surface area contributed by atoms with Gasteiger partial charge in [-0.15, -0.1) is 0 Å². The third-order valence-electron chi connectivity index (χ3n) is 3.60. The minimum atomic E-state index is -0.159. The number of aromatic amines is 1. The molecular formula is C14H13BrClN3O. The summed E-state index contributed by atoms with van der Waals surface area (Å²) in [4.78, 5) is 23.6. The van der Waals surface area contributed by atoms with Gasteiger partial charge in [0.15, 0.2) is 5.82 Å². The van der Waals surface area contributed by atoms with E-state index in [1.807, 2.05) is 0 Å². The molecule has 4 nitrogen and oxygen atoms in total. The average molecular weight is 355 g/mol. The van der Waals surface area contributed by atoms with Gasteiger partial charge in [-0.2, -0.15) is 0 Å². The van der Waals surface area contributed by atoms with Gasteiger partial charge in [-0.05, 0) is 40.9 Å². The first-order valence-corrected chi connectivity index (χ1v) is 7.74. The van der Waals surface area contributed by atoms with Crippen molar-refractivity contribution in [1.29, 1.82) is 0 Å². The Morgan fingerprint density at radius 1 is 1.30 bits per heavy atom. The van der Waals surface area contributed by atoms with Crippen LogP contribution in [-0.2, 0) is 0 Å². The van der Waals surface area contributed by atoms with E-state index in [1.54, 1.807) is 18.3 Å². The predicted molar refractivity (Wildman–Crippen MR) is 82.0 cm³/mol. The summed E-state index contributed by atoms with van der Waals surface area (Å²) in [6.07, 6.45) is 6.11. The summed E-state index contributed by atoms with van der Waals surface area (Å²) in [5.41, 5.74) is 1.31. The maximum absolute atomic E-state index is 12.1. The normalized spacial score (nSPS) is 15.7. The number of H-pyrrole nitrogens is 1. The van der Waals surface area contributed by atoms with Crippen molar-refractivity contribution in [3.63, 3.8) is 0 Å². The van der Waals surface area contributed by atoms with Gasteiger partial charge in [0.1, 0.15) is 10.2 Å². The van der Waals surface area contributed by atoms with Crippen molar-refractivity contribution >= 4 is 27.5 Å². The Hall–Kier alpha value is -1.20. The molecule has 2 aromatic rings. The smallest absolute Gasteiger partial charge is 0.265 e. The second-order valence-corrected chi connectivity index (χ2v) is 6.19. The largest absolute Gasteiger partial charge is 0.304 e. The minimum Gasteiger partial charge on any atom is -0.304 e. The van der Waals surface area contributed by atoms with Gasteiger partial charge in [0, 0.05) is 12.1 Å². The fourth-order valence-corrected chi connectivity index (χ4v) is 3.21. The van der Waals surface area contributed by atoms with Gasteiger partial charge < -0.3 is 4.98 Å². The van der Waals surface area contributed by atoms with Crippen LogP contribution < -0.4 is 5.56 Å². The quantitative estimate of drug-likeness (QED) is 0.889. The first kappa shape index (κ1) is 13.8. The molecule has 1 saturated carbocycles. The van der Waals surface area contributed by atoms with Gasteiger partial charge in [0.25, 0.3) is 5.56 Å². The van der Waals surface area contributed by atoms with E-state index in [-0.39, 0.29) is 5.56 Å². The molecule has 2 heterocycles. The Kier molecular flexibility index (Phi) is 3.89. The van der Waals surface area contributed by atoms with Crippen molar-refractivity contribution in [2.75, 3.05) is 0 Å². The number of aromatic nitrogens is 3. The lowest BCUT2D eigenvalue weighted by atomic mass is 10.0. The first-order chi connectivity index (χ1) is 9.65. The Morgan fingerprint density at radius 2 is 2.05 bits per heavy atom. The summed E-state index contributed by atoms with van der Waals surface area (Å²) in [6, 6.07) is 3.49. The van der Waals surface area contributed by atoms with Crippen LogP contribution in [0.2, 0.25) is 5.02 Å². The third-order valence-corrected chi connectivity index (χ3v) is 4.59. The fourth-order valence-electron chi connectivity index (χ4n) is 2.58. The van der Waals surface area contributed by atoms with Gasteiger partial charge in [0.2, 0.25) is 0 Å². The Morgan fingerprint density at radius 3 is 2.70 bits per heavy atom. The molecule has 2 aromatic heterocycles. The fraction of sp³-hybridized carbons (Fsp3) is 0.357. The number of hydrogen-bond acceptors (Lipinski definition) is 3. The highest BCUT2D eigenvalue weighted by atomic mass is 79.9. The Labute approximate surface area is 129 Å². The zero-order chi connectivity index (χ0) is 14.1. The van der Waals surface area contributed by atoms with Crippen LogP contribution in [0.3, 0.4) is 0 Å². The first-order valence-electron chi connectivity index (χ1n) is 6.57. The summed E-state index contributed by atoms with van der Waals surface area (Å²) in [5.74, 6) is 0.856. The summed E-state index contributed by atoms with van der Waals surface area (Å²) >= 11 is 9.19. The van der Waals surface area contributed by atoms with Crippen molar-refractivity contribution in [1.82, 2.24) is 15.0 Å². The second kappa shape index (κ2) is 5.66. The summed E-state index contributed by atoms with van der Waals surface area (Å²) < 4.78 is 0.544. The van der Waals surface area contributed by atoms with E-state index in [0.29, 0.717) is 26.9 Å². The lowest BCUT2D eigenvalue weighted by molar-refractivity contribution is 0.688. The minimum absolute atomic E-state index is 0.159. The zero-order valence-electron chi connectivity index (χ0n) is 10.7. The van der Waals surface area contributed by atoms with Gasteiger partial charge in [0.05, 0.1) is 10.7 Å². The number of pyridine rings is 1. The Bertz CT molecular complexity index is 678. The summed E-state index contributed by atoms with van der Waals surface area (Å²) in [6.45, 7) is 0. The van der Waals surface area contributed by atoms with Crippen LogP contribution in [0.1, 0.15) is 37.3 Å². The third kappa shape index (κ3) is 2.65. The molecule has 0 aliphatic heterocycles. The van der Waals surface area contributed by atoms with Gasteiger partial charge in [-0.3, -0.25) is 9.78 Å². The highest BCUT2D eigenvalue weighted by Gasteiger charge is 2.23. The molecule has 0 radical (unpaired) electrons. The van der Waals surface area contributed by atoms with Crippen LogP contribution >= 0.6 is 27.5 Å². The lowest BCUT2D eigenvalue weighted by Crippen LogP contribution is -2.15. The van der Waals surface area contributed by atoms with Crippen molar-refractivity contribution in [2.24, 2.45) is 0 Å². The van der Waals surface area contributed by atoms with E-state index in [2.05, 4.69) is 30.9 Å². The van der Waals surface area contributed by atoms with Crippen LogP contribution in [0.15, 0.2) is 27.6 Å². The molecular weight excluding hydrogens is 342 g/mol. The molecule has 1 N–H and O–H groups in total. The second-order valence-electron chi connectivity index (χ2n) is 4.96. The number of rotatable bonds is 2. The van der Waals surface area contributed by atoms with Crippen LogP contribution in [0, 0.1) is 0 Å². The van der Waals surface area contributed by atoms with Crippen LogP contribution in [-0.4, -0.2) is 15.0 Å². The molecule has 0 aromatic carbocycles. The number of nitrogens with zero attached hydrogens (tertiary/aromatic N) is 2. The van der Waals surface area contributed by atoms with Gasteiger partial charge in [-0.1, -0.05) is 24.4 Å². The van der Waals surface area contributed by atoms with Gasteiger partial charge in [-0.25, -0.2) is 4.98 Å². The molecule has 0 unspecified atom stereocenters. The van der Waals surface area contributed by atoms with Gasteiger partial charge >= 0.3 is 0 Å². The van der Waals surface area contributed by atoms with Crippen LogP contribution in [0.25, 0.3) is 11.5 Å². The average Bonchev–Trinajstić information content (AvgIpc) is 2.96. The molecule has 1 fully saturated rings.